The van der Waals surface area contributed by atoms with Crippen LogP contribution < -0.4 is 14.8 Å². The van der Waals surface area contributed by atoms with Crippen molar-refractivity contribution in [1.82, 2.24) is 5.32 Å². The van der Waals surface area contributed by atoms with Gasteiger partial charge in [0, 0.05) is 0 Å². The number of nitrogens with one attached hydrogen (secondary N) is 1. The van der Waals surface area contributed by atoms with Crippen LogP contribution in [0.4, 0.5) is 0 Å². The zero-order valence-electron chi connectivity index (χ0n) is 10.5. The van der Waals surface area contributed by atoms with Gasteiger partial charge in [0.15, 0.2) is 11.5 Å². The van der Waals surface area contributed by atoms with Crippen molar-refractivity contribution < 1.29 is 9.47 Å². The van der Waals surface area contributed by atoms with Crippen molar-refractivity contribution in [3.63, 3.8) is 0 Å². The van der Waals surface area contributed by atoms with Crippen LogP contribution in [-0.2, 0) is 0 Å². The van der Waals surface area contributed by atoms with E-state index in [0.717, 1.165) is 24.5 Å². The first-order valence-corrected chi connectivity index (χ1v) is 6.02. The first-order chi connectivity index (χ1) is 8.31. The molecule has 0 fully saturated rings. The molecule has 0 aromatic heterocycles. The summed E-state index contributed by atoms with van der Waals surface area (Å²) in [6, 6.07) is 6.12. The Bertz CT molecular complexity index is 413. The molecule has 1 N–H and O–H groups in total. The molecule has 3 heteroatoms. The molecule has 2 rings (SSSR count). The zero-order chi connectivity index (χ0) is 12.1. The molecule has 1 aliphatic rings. The first-order valence-electron chi connectivity index (χ1n) is 6.02. The van der Waals surface area contributed by atoms with Crippen LogP contribution in [0.1, 0.15) is 18.9 Å². The lowest BCUT2D eigenvalue weighted by molar-refractivity contribution is 0.171. The monoisotopic (exact) mass is 233 g/mol. The number of rotatable bonds is 4. The Hall–Kier alpha value is -1.48. The van der Waals surface area contributed by atoms with Crippen molar-refractivity contribution in [2.75, 3.05) is 26.8 Å². The van der Waals surface area contributed by atoms with Crippen LogP contribution in [0.2, 0.25) is 0 Å². The van der Waals surface area contributed by atoms with Crippen molar-refractivity contribution in [3.05, 3.63) is 29.8 Å². The second kappa shape index (κ2) is 5.73. The number of fused-ring (bicyclic) bond motifs is 1. The highest BCUT2D eigenvalue weighted by molar-refractivity contribution is 5.66. The molecule has 92 valence electrons. The SMILES string of the molecule is CNCCC=C(C)c1ccc2c(c1)OCCO2. The third kappa shape index (κ3) is 3.01. The van der Waals surface area contributed by atoms with Crippen LogP contribution in [0, 0.1) is 0 Å². The molecule has 0 amide bonds. The molecule has 1 heterocycles. The molecule has 1 aromatic rings. The number of hydrogen-bond donors (Lipinski definition) is 1. The highest BCUT2D eigenvalue weighted by atomic mass is 16.6. The maximum absolute atomic E-state index is 5.58. The molecule has 17 heavy (non-hydrogen) atoms. The van der Waals surface area contributed by atoms with Gasteiger partial charge in [-0.15, -0.1) is 0 Å². The van der Waals surface area contributed by atoms with Gasteiger partial charge in [0.25, 0.3) is 0 Å². The predicted octanol–water partition coefficient (Wildman–Crippen LogP) is 2.47. The standard InChI is InChI=1S/C14H19NO2/c1-11(4-3-7-15-2)12-5-6-13-14(10-12)17-9-8-16-13/h4-6,10,15H,3,7-9H2,1-2H3. The van der Waals surface area contributed by atoms with Gasteiger partial charge in [-0.05, 0) is 50.2 Å². The van der Waals surface area contributed by atoms with Crippen LogP contribution >= 0.6 is 0 Å². The van der Waals surface area contributed by atoms with E-state index in [1.165, 1.54) is 11.1 Å². The van der Waals surface area contributed by atoms with Crippen molar-refractivity contribution >= 4 is 5.57 Å². The molecule has 0 unspecified atom stereocenters. The van der Waals surface area contributed by atoms with Crippen LogP contribution in [-0.4, -0.2) is 26.8 Å². The Balaban J connectivity index is 2.13. The van der Waals surface area contributed by atoms with Crippen LogP contribution in [0.3, 0.4) is 0 Å². The molecule has 3 nitrogen and oxygen atoms in total. The quantitative estimate of drug-likeness (QED) is 0.810. The average molecular weight is 233 g/mol. The normalized spacial score (nSPS) is 14.8. The lowest BCUT2D eigenvalue weighted by atomic mass is 10.1. The maximum atomic E-state index is 5.58. The van der Waals surface area contributed by atoms with E-state index in [0.29, 0.717) is 13.2 Å². The van der Waals surface area contributed by atoms with E-state index in [-0.39, 0.29) is 0 Å². The Kier molecular flexibility index (Phi) is 4.04. The fraction of sp³-hybridized carbons (Fsp3) is 0.429. The summed E-state index contributed by atoms with van der Waals surface area (Å²) >= 11 is 0. The van der Waals surface area contributed by atoms with Crippen LogP contribution in [0.5, 0.6) is 11.5 Å². The van der Waals surface area contributed by atoms with E-state index < -0.39 is 0 Å². The van der Waals surface area contributed by atoms with E-state index in [1.54, 1.807) is 0 Å². The number of benzene rings is 1. The van der Waals surface area contributed by atoms with E-state index >= 15 is 0 Å². The highest BCUT2D eigenvalue weighted by Crippen LogP contribution is 2.32. The highest BCUT2D eigenvalue weighted by Gasteiger charge is 2.11. The van der Waals surface area contributed by atoms with Crippen molar-refractivity contribution in [1.29, 1.82) is 0 Å². The van der Waals surface area contributed by atoms with Crippen molar-refractivity contribution in [3.8, 4) is 11.5 Å². The van der Waals surface area contributed by atoms with Crippen molar-refractivity contribution in [2.45, 2.75) is 13.3 Å². The minimum atomic E-state index is 0.638. The minimum Gasteiger partial charge on any atom is -0.486 e. The average Bonchev–Trinajstić information content (AvgIpc) is 2.38. The van der Waals surface area contributed by atoms with Crippen molar-refractivity contribution in [2.24, 2.45) is 0 Å². The lowest BCUT2D eigenvalue weighted by Crippen LogP contribution is -2.15. The second-order valence-electron chi connectivity index (χ2n) is 4.14. The molecule has 0 bridgehead atoms. The largest absolute Gasteiger partial charge is 0.486 e. The summed E-state index contributed by atoms with van der Waals surface area (Å²) in [4.78, 5) is 0. The summed E-state index contributed by atoms with van der Waals surface area (Å²) in [5.74, 6) is 1.71. The van der Waals surface area contributed by atoms with Gasteiger partial charge in [0.05, 0.1) is 0 Å². The van der Waals surface area contributed by atoms with E-state index in [4.69, 9.17) is 9.47 Å². The zero-order valence-corrected chi connectivity index (χ0v) is 10.5. The van der Waals surface area contributed by atoms with Gasteiger partial charge >= 0.3 is 0 Å². The topological polar surface area (TPSA) is 30.5 Å². The molecular weight excluding hydrogens is 214 g/mol. The molecule has 1 aromatic carbocycles. The van der Waals surface area contributed by atoms with Gasteiger partial charge < -0.3 is 14.8 Å². The Morgan fingerprint density at radius 1 is 1.29 bits per heavy atom. The van der Waals surface area contributed by atoms with Crippen LogP contribution in [0.25, 0.3) is 5.57 Å². The third-order valence-corrected chi connectivity index (χ3v) is 2.84. The summed E-state index contributed by atoms with van der Waals surface area (Å²) in [7, 11) is 1.97. The van der Waals surface area contributed by atoms with Gasteiger partial charge in [-0.3, -0.25) is 0 Å². The molecule has 0 radical (unpaired) electrons. The van der Waals surface area contributed by atoms with Gasteiger partial charge in [-0.1, -0.05) is 12.1 Å². The molecule has 0 saturated carbocycles. The lowest BCUT2D eigenvalue weighted by Gasteiger charge is -2.19. The predicted molar refractivity (Wildman–Crippen MR) is 69.6 cm³/mol. The number of hydrogen-bond acceptors (Lipinski definition) is 3. The minimum absolute atomic E-state index is 0.638. The molecule has 0 spiro atoms. The second-order valence-corrected chi connectivity index (χ2v) is 4.14. The van der Waals surface area contributed by atoms with Gasteiger partial charge in [0.2, 0.25) is 0 Å². The summed E-state index contributed by atoms with van der Waals surface area (Å²) in [6.07, 6.45) is 3.28. The molecule has 0 saturated heterocycles. The first kappa shape index (κ1) is 12.0. The molecule has 1 aliphatic heterocycles. The molecule has 0 atom stereocenters. The fourth-order valence-electron chi connectivity index (χ4n) is 1.84. The van der Waals surface area contributed by atoms with E-state index in [2.05, 4.69) is 30.4 Å². The Morgan fingerprint density at radius 3 is 2.82 bits per heavy atom. The Morgan fingerprint density at radius 2 is 2.06 bits per heavy atom. The van der Waals surface area contributed by atoms with Gasteiger partial charge in [-0.2, -0.15) is 0 Å². The van der Waals surface area contributed by atoms with Crippen LogP contribution in [0.15, 0.2) is 24.3 Å². The number of allylic oxidation sites excluding steroid dienone is 1. The smallest absolute Gasteiger partial charge is 0.161 e. The third-order valence-electron chi connectivity index (χ3n) is 2.84. The van der Waals surface area contributed by atoms with Gasteiger partial charge in [-0.25, -0.2) is 0 Å². The summed E-state index contributed by atoms with van der Waals surface area (Å²) in [5.41, 5.74) is 2.47. The molecule has 0 aliphatic carbocycles. The summed E-state index contributed by atoms with van der Waals surface area (Å²) in [5, 5.41) is 3.14. The van der Waals surface area contributed by atoms with E-state index in [9.17, 15) is 0 Å². The molecular formula is C14H19NO2. The Labute approximate surface area is 102 Å². The van der Waals surface area contributed by atoms with E-state index in [1.807, 2.05) is 13.1 Å². The summed E-state index contributed by atoms with van der Waals surface area (Å²) in [6.45, 7) is 4.41. The fourth-order valence-corrected chi connectivity index (χ4v) is 1.84. The van der Waals surface area contributed by atoms with Gasteiger partial charge in [0.1, 0.15) is 13.2 Å². The number of ether oxygens (including phenoxy) is 2. The summed E-state index contributed by atoms with van der Waals surface area (Å²) < 4.78 is 11.1. The maximum Gasteiger partial charge on any atom is 0.161 e.